The zero-order valence-corrected chi connectivity index (χ0v) is 16.0. The molecule has 4 aromatic rings. The van der Waals surface area contributed by atoms with Crippen molar-refractivity contribution in [2.24, 2.45) is 0 Å². The van der Waals surface area contributed by atoms with E-state index < -0.39 is 0 Å². The Balaban J connectivity index is 1.47. The maximum absolute atomic E-state index is 4.89. The molecule has 0 radical (unpaired) electrons. The average molecular weight is 369 g/mol. The van der Waals surface area contributed by atoms with Gasteiger partial charge < -0.3 is 9.80 Å². The van der Waals surface area contributed by atoms with E-state index >= 15 is 0 Å². The Kier molecular flexibility index (Phi) is 4.29. The molecule has 0 spiro atoms. The second-order valence-corrected chi connectivity index (χ2v) is 7.37. The molecule has 0 bridgehead atoms. The van der Waals surface area contributed by atoms with Crippen molar-refractivity contribution in [2.75, 3.05) is 38.1 Å². The van der Waals surface area contributed by atoms with Gasteiger partial charge in [0.05, 0.1) is 11.2 Å². The van der Waals surface area contributed by atoms with Crippen LogP contribution in [0.2, 0.25) is 0 Å². The topological polar surface area (TPSA) is 48.0 Å². The SMILES string of the molecule is CN1CCN(c2ccc(-c3n[nH]c4ccc(-c5ccccc5)nc34)cc2)CC1. The molecule has 3 heterocycles. The highest BCUT2D eigenvalue weighted by molar-refractivity contribution is 5.91. The van der Waals surface area contributed by atoms with Crippen LogP contribution in [0.25, 0.3) is 33.5 Å². The lowest BCUT2D eigenvalue weighted by Crippen LogP contribution is -2.44. The number of hydrogen-bond acceptors (Lipinski definition) is 4. The molecule has 0 amide bonds. The first kappa shape index (κ1) is 17.0. The Bertz CT molecular complexity index is 1080. The predicted molar refractivity (Wildman–Crippen MR) is 114 cm³/mol. The van der Waals surface area contributed by atoms with E-state index in [9.17, 15) is 0 Å². The molecule has 1 saturated heterocycles. The number of hydrogen-bond donors (Lipinski definition) is 1. The van der Waals surface area contributed by atoms with E-state index in [1.54, 1.807) is 0 Å². The van der Waals surface area contributed by atoms with Gasteiger partial charge in [-0.05, 0) is 31.3 Å². The fourth-order valence-corrected chi connectivity index (χ4v) is 3.76. The number of aromatic amines is 1. The summed E-state index contributed by atoms with van der Waals surface area (Å²) in [6.45, 7) is 4.36. The van der Waals surface area contributed by atoms with Crippen LogP contribution in [0.3, 0.4) is 0 Å². The van der Waals surface area contributed by atoms with E-state index in [0.717, 1.165) is 59.7 Å². The number of aromatic nitrogens is 3. The third-order valence-corrected chi connectivity index (χ3v) is 5.49. The first-order chi connectivity index (χ1) is 13.8. The van der Waals surface area contributed by atoms with Gasteiger partial charge in [-0.25, -0.2) is 4.98 Å². The fraction of sp³-hybridized carbons (Fsp3) is 0.217. The van der Waals surface area contributed by atoms with Crippen molar-refractivity contribution >= 4 is 16.7 Å². The van der Waals surface area contributed by atoms with Crippen LogP contribution in [-0.4, -0.2) is 53.3 Å². The molecule has 28 heavy (non-hydrogen) atoms. The molecule has 1 aliphatic rings. The van der Waals surface area contributed by atoms with Crippen LogP contribution >= 0.6 is 0 Å². The molecule has 0 aliphatic carbocycles. The molecule has 5 heteroatoms. The summed E-state index contributed by atoms with van der Waals surface area (Å²) in [5.74, 6) is 0. The largest absolute Gasteiger partial charge is 0.369 e. The monoisotopic (exact) mass is 369 g/mol. The highest BCUT2D eigenvalue weighted by atomic mass is 15.2. The van der Waals surface area contributed by atoms with Crippen molar-refractivity contribution in [3.05, 3.63) is 66.7 Å². The molecule has 140 valence electrons. The number of benzene rings is 2. The molecule has 5 nitrogen and oxygen atoms in total. The Morgan fingerprint density at radius 1 is 0.786 bits per heavy atom. The summed E-state index contributed by atoms with van der Waals surface area (Å²) in [5.41, 5.74) is 7.20. The highest BCUT2D eigenvalue weighted by Crippen LogP contribution is 2.29. The fourth-order valence-electron chi connectivity index (χ4n) is 3.76. The summed E-state index contributed by atoms with van der Waals surface area (Å²) in [5, 5.41) is 7.66. The first-order valence-electron chi connectivity index (χ1n) is 9.72. The Hall–Kier alpha value is -3.18. The summed E-state index contributed by atoms with van der Waals surface area (Å²) in [7, 11) is 2.18. The van der Waals surface area contributed by atoms with Gasteiger partial charge in [0.15, 0.2) is 0 Å². The first-order valence-corrected chi connectivity index (χ1v) is 9.72. The third kappa shape index (κ3) is 3.14. The number of pyridine rings is 1. The standard InChI is InChI=1S/C23H23N5/c1-27-13-15-28(16-14-27)19-9-7-18(8-10-19)22-23-21(25-26-22)12-11-20(24-23)17-5-3-2-4-6-17/h2-12H,13-16H2,1H3,(H,25,26). The van der Waals surface area contributed by atoms with E-state index in [0.29, 0.717) is 0 Å². The normalized spacial score (nSPS) is 15.2. The minimum Gasteiger partial charge on any atom is -0.369 e. The van der Waals surface area contributed by atoms with E-state index in [-0.39, 0.29) is 0 Å². The van der Waals surface area contributed by atoms with Gasteiger partial charge in [-0.3, -0.25) is 5.10 Å². The van der Waals surface area contributed by atoms with Gasteiger partial charge in [0.2, 0.25) is 0 Å². The van der Waals surface area contributed by atoms with Crippen molar-refractivity contribution < 1.29 is 0 Å². The number of H-pyrrole nitrogens is 1. The van der Waals surface area contributed by atoms with E-state index in [2.05, 4.69) is 69.5 Å². The highest BCUT2D eigenvalue weighted by Gasteiger charge is 2.15. The van der Waals surface area contributed by atoms with Gasteiger partial charge in [0.25, 0.3) is 0 Å². The summed E-state index contributed by atoms with van der Waals surface area (Å²) >= 11 is 0. The molecule has 1 aliphatic heterocycles. The maximum atomic E-state index is 4.89. The van der Waals surface area contributed by atoms with Gasteiger partial charge in [0.1, 0.15) is 11.2 Å². The molecule has 2 aromatic carbocycles. The minimum atomic E-state index is 0.901. The van der Waals surface area contributed by atoms with Crippen LogP contribution in [-0.2, 0) is 0 Å². The second-order valence-electron chi connectivity index (χ2n) is 7.37. The van der Waals surface area contributed by atoms with Crippen LogP contribution in [0.15, 0.2) is 66.7 Å². The molecule has 0 saturated carbocycles. The van der Waals surface area contributed by atoms with Gasteiger partial charge >= 0.3 is 0 Å². The summed E-state index contributed by atoms with van der Waals surface area (Å²) < 4.78 is 0. The van der Waals surface area contributed by atoms with Crippen LogP contribution in [0.5, 0.6) is 0 Å². The number of nitrogens with zero attached hydrogens (tertiary/aromatic N) is 4. The smallest absolute Gasteiger partial charge is 0.118 e. The number of fused-ring (bicyclic) bond motifs is 1. The Morgan fingerprint density at radius 2 is 1.54 bits per heavy atom. The Labute approximate surface area is 164 Å². The van der Waals surface area contributed by atoms with Gasteiger partial charge in [0, 0.05) is 43.0 Å². The Morgan fingerprint density at radius 3 is 2.29 bits per heavy atom. The maximum Gasteiger partial charge on any atom is 0.118 e. The quantitative estimate of drug-likeness (QED) is 0.592. The van der Waals surface area contributed by atoms with Gasteiger partial charge in [-0.15, -0.1) is 0 Å². The molecule has 0 unspecified atom stereocenters. The summed E-state index contributed by atoms with van der Waals surface area (Å²) in [4.78, 5) is 9.71. The molecule has 0 atom stereocenters. The number of anilines is 1. The van der Waals surface area contributed by atoms with Gasteiger partial charge in [-0.2, -0.15) is 5.10 Å². The lowest BCUT2D eigenvalue weighted by Gasteiger charge is -2.34. The van der Waals surface area contributed by atoms with Crippen LogP contribution in [0.4, 0.5) is 5.69 Å². The molecule has 1 fully saturated rings. The summed E-state index contributed by atoms with van der Waals surface area (Å²) in [6.07, 6.45) is 0. The zero-order chi connectivity index (χ0) is 18.9. The molecular weight excluding hydrogens is 346 g/mol. The predicted octanol–water partition coefficient (Wildman–Crippen LogP) is 4.04. The van der Waals surface area contributed by atoms with Crippen LogP contribution < -0.4 is 4.90 Å². The molecule has 1 N–H and O–H groups in total. The summed E-state index contributed by atoms with van der Waals surface area (Å²) in [6, 6.07) is 23.1. The van der Waals surface area contributed by atoms with Crippen molar-refractivity contribution in [2.45, 2.75) is 0 Å². The third-order valence-electron chi connectivity index (χ3n) is 5.49. The van der Waals surface area contributed by atoms with Crippen LogP contribution in [0.1, 0.15) is 0 Å². The van der Waals surface area contributed by atoms with Crippen molar-refractivity contribution in [1.82, 2.24) is 20.1 Å². The van der Waals surface area contributed by atoms with Crippen molar-refractivity contribution in [3.8, 4) is 22.5 Å². The average Bonchev–Trinajstić information content (AvgIpc) is 3.18. The van der Waals surface area contributed by atoms with Gasteiger partial charge in [-0.1, -0.05) is 42.5 Å². The number of likely N-dealkylation sites (N-methyl/N-ethyl adjacent to an activating group) is 1. The number of nitrogens with one attached hydrogen (secondary N) is 1. The zero-order valence-electron chi connectivity index (χ0n) is 16.0. The lowest BCUT2D eigenvalue weighted by atomic mass is 10.1. The lowest BCUT2D eigenvalue weighted by molar-refractivity contribution is 0.313. The van der Waals surface area contributed by atoms with Crippen molar-refractivity contribution in [1.29, 1.82) is 0 Å². The van der Waals surface area contributed by atoms with Crippen molar-refractivity contribution in [3.63, 3.8) is 0 Å². The number of piperazine rings is 1. The van der Waals surface area contributed by atoms with E-state index in [1.807, 2.05) is 24.3 Å². The second kappa shape index (κ2) is 7.09. The van der Waals surface area contributed by atoms with E-state index in [4.69, 9.17) is 4.98 Å². The molecule has 2 aromatic heterocycles. The minimum absolute atomic E-state index is 0.901. The van der Waals surface area contributed by atoms with Crippen LogP contribution in [0, 0.1) is 0 Å². The molecule has 5 rings (SSSR count). The van der Waals surface area contributed by atoms with E-state index in [1.165, 1.54) is 5.69 Å². The number of rotatable bonds is 3. The molecular formula is C23H23N5.